The molecule has 0 saturated heterocycles. The molecule has 1 aliphatic carbocycles. The summed E-state index contributed by atoms with van der Waals surface area (Å²) in [7, 11) is 3.69. The molecular weight excluding hydrogens is 250 g/mol. The highest BCUT2D eigenvalue weighted by Gasteiger charge is 2.11. The van der Waals surface area contributed by atoms with Crippen LogP contribution >= 0.6 is 0 Å². The summed E-state index contributed by atoms with van der Waals surface area (Å²) in [5.74, 6) is 0.759. The van der Waals surface area contributed by atoms with E-state index >= 15 is 0 Å². The average Bonchev–Trinajstić information content (AvgIpc) is 2.44. The highest BCUT2D eigenvalue weighted by molar-refractivity contribution is 5.81. The number of benzene rings is 2. The van der Waals surface area contributed by atoms with Gasteiger partial charge < -0.3 is 9.73 Å². The molecular formula is C16H17N3O. The number of rotatable bonds is 1. The zero-order chi connectivity index (χ0) is 14.3. The fourth-order valence-corrected chi connectivity index (χ4v) is 2.43. The van der Waals surface area contributed by atoms with Crippen molar-refractivity contribution < 1.29 is 4.42 Å². The summed E-state index contributed by atoms with van der Waals surface area (Å²) in [5, 5.41) is 4.09. The molecule has 0 fully saturated rings. The van der Waals surface area contributed by atoms with Gasteiger partial charge >= 0.3 is 0 Å². The van der Waals surface area contributed by atoms with E-state index in [-0.39, 0.29) is 0 Å². The summed E-state index contributed by atoms with van der Waals surface area (Å²) in [6, 6.07) is 7.98. The fourth-order valence-electron chi connectivity index (χ4n) is 2.43. The molecule has 1 heterocycles. The number of hydrogen-bond acceptors (Lipinski definition) is 4. The molecule has 2 aliphatic rings. The Hall–Kier alpha value is -2.36. The first-order chi connectivity index (χ1) is 9.62. The third-order valence-electron chi connectivity index (χ3n) is 3.55. The van der Waals surface area contributed by atoms with Gasteiger partial charge in [0.1, 0.15) is 11.2 Å². The lowest BCUT2D eigenvalue weighted by molar-refractivity contribution is 0.612. The van der Waals surface area contributed by atoms with E-state index in [4.69, 9.17) is 4.42 Å². The summed E-state index contributed by atoms with van der Waals surface area (Å²) >= 11 is 0. The first kappa shape index (κ1) is 12.7. The Morgan fingerprint density at radius 2 is 1.90 bits per heavy atom. The van der Waals surface area contributed by atoms with Crippen molar-refractivity contribution in [1.29, 1.82) is 0 Å². The lowest BCUT2D eigenvalue weighted by Crippen LogP contribution is -2.07. The summed E-state index contributed by atoms with van der Waals surface area (Å²) < 4.78 is 5.98. The molecule has 0 spiro atoms. The molecule has 1 aromatic carbocycles. The third kappa shape index (κ3) is 1.93. The SMILES string of the molecule is CN=c1cc2oc3cc(NC)c(C)cc3nc-2cc1C. The standard InChI is InChI=1S/C16H17N3O/c1-9-5-13-15(7-11(9)17-3)20-16-8-12(18-4)10(2)6-14(16)19-13/h5-8,17H,1-4H3. The van der Waals surface area contributed by atoms with Crippen LogP contribution in [0, 0.1) is 13.8 Å². The van der Waals surface area contributed by atoms with Crippen molar-refractivity contribution >= 4 is 16.8 Å². The first-order valence-corrected chi connectivity index (χ1v) is 6.59. The lowest BCUT2D eigenvalue weighted by atomic mass is 10.1. The largest absolute Gasteiger partial charge is 0.453 e. The molecule has 3 rings (SSSR count). The molecule has 0 atom stereocenters. The van der Waals surface area contributed by atoms with E-state index in [1.165, 1.54) is 0 Å². The van der Waals surface area contributed by atoms with Gasteiger partial charge in [0.05, 0.1) is 5.36 Å². The van der Waals surface area contributed by atoms with Gasteiger partial charge in [0.2, 0.25) is 0 Å². The molecule has 1 N–H and O–H groups in total. The smallest absolute Gasteiger partial charge is 0.155 e. The molecule has 0 aromatic heterocycles. The highest BCUT2D eigenvalue weighted by atomic mass is 16.3. The molecule has 20 heavy (non-hydrogen) atoms. The minimum atomic E-state index is 0.759. The quantitative estimate of drug-likeness (QED) is 0.689. The molecule has 0 radical (unpaired) electrons. The molecule has 1 aromatic rings. The molecule has 4 nitrogen and oxygen atoms in total. The van der Waals surface area contributed by atoms with Gasteiger partial charge in [-0.15, -0.1) is 0 Å². The summed E-state index contributed by atoms with van der Waals surface area (Å²) in [6.45, 7) is 4.09. The number of anilines is 1. The molecule has 102 valence electrons. The van der Waals surface area contributed by atoms with Crippen LogP contribution in [0.15, 0.2) is 33.7 Å². The van der Waals surface area contributed by atoms with Crippen molar-refractivity contribution in [2.75, 3.05) is 19.4 Å². The van der Waals surface area contributed by atoms with Crippen molar-refractivity contribution in [2.45, 2.75) is 13.8 Å². The number of nitrogens with one attached hydrogen (secondary N) is 1. The summed E-state index contributed by atoms with van der Waals surface area (Å²) in [6.07, 6.45) is 0. The normalized spacial score (nSPS) is 12.3. The number of aromatic nitrogens is 1. The van der Waals surface area contributed by atoms with Gasteiger partial charge in [0.15, 0.2) is 11.3 Å². The molecule has 0 amide bonds. The monoisotopic (exact) mass is 267 g/mol. The van der Waals surface area contributed by atoms with Crippen molar-refractivity contribution in [2.24, 2.45) is 4.99 Å². The number of fused-ring (bicyclic) bond motifs is 2. The van der Waals surface area contributed by atoms with Crippen LogP contribution in [-0.2, 0) is 0 Å². The maximum Gasteiger partial charge on any atom is 0.155 e. The van der Waals surface area contributed by atoms with Gasteiger partial charge in [-0.05, 0) is 37.1 Å². The van der Waals surface area contributed by atoms with E-state index < -0.39 is 0 Å². The Morgan fingerprint density at radius 1 is 1.10 bits per heavy atom. The fraction of sp³-hybridized carbons (Fsp3) is 0.250. The second-order valence-electron chi connectivity index (χ2n) is 4.93. The van der Waals surface area contributed by atoms with Crippen molar-refractivity contribution in [1.82, 2.24) is 4.98 Å². The Kier molecular flexibility index (Phi) is 2.93. The predicted molar refractivity (Wildman–Crippen MR) is 81.1 cm³/mol. The van der Waals surface area contributed by atoms with E-state index in [0.717, 1.165) is 44.7 Å². The van der Waals surface area contributed by atoms with Gasteiger partial charge in [-0.1, -0.05) is 0 Å². The van der Waals surface area contributed by atoms with Gasteiger partial charge in [-0.25, -0.2) is 4.98 Å². The average molecular weight is 267 g/mol. The highest BCUT2D eigenvalue weighted by Crippen LogP contribution is 2.28. The van der Waals surface area contributed by atoms with E-state index in [0.29, 0.717) is 0 Å². The topological polar surface area (TPSA) is 50.4 Å². The van der Waals surface area contributed by atoms with Crippen molar-refractivity contribution in [3.05, 3.63) is 40.7 Å². The molecule has 4 heteroatoms. The van der Waals surface area contributed by atoms with Gasteiger partial charge in [0.25, 0.3) is 0 Å². The van der Waals surface area contributed by atoms with Crippen LogP contribution < -0.4 is 10.7 Å². The van der Waals surface area contributed by atoms with E-state index in [9.17, 15) is 0 Å². The second kappa shape index (κ2) is 4.63. The Morgan fingerprint density at radius 3 is 2.60 bits per heavy atom. The van der Waals surface area contributed by atoms with Gasteiger partial charge in [-0.2, -0.15) is 0 Å². The number of nitrogens with zero attached hydrogens (tertiary/aromatic N) is 2. The van der Waals surface area contributed by atoms with Crippen LogP contribution in [0.2, 0.25) is 0 Å². The van der Waals surface area contributed by atoms with Crippen LogP contribution in [-0.4, -0.2) is 19.1 Å². The zero-order valence-electron chi connectivity index (χ0n) is 12.1. The molecule has 1 aliphatic heterocycles. The van der Waals surface area contributed by atoms with Crippen LogP contribution in [0.4, 0.5) is 5.69 Å². The predicted octanol–water partition coefficient (Wildman–Crippen LogP) is 3.12. The maximum absolute atomic E-state index is 5.98. The number of aryl methyl sites for hydroxylation is 2. The van der Waals surface area contributed by atoms with Gasteiger partial charge in [0, 0.05) is 31.9 Å². The number of hydrogen-bond donors (Lipinski definition) is 1. The third-order valence-corrected chi connectivity index (χ3v) is 3.55. The lowest BCUT2D eigenvalue weighted by Gasteiger charge is -2.10. The minimum Gasteiger partial charge on any atom is -0.453 e. The summed E-state index contributed by atoms with van der Waals surface area (Å²) in [4.78, 5) is 8.93. The van der Waals surface area contributed by atoms with Crippen LogP contribution in [0.25, 0.3) is 22.6 Å². The summed E-state index contributed by atoms with van der Waals surface area (Å²) in [5.41, 5.74) is 5.81. The van der Waals surface area contributed by atoms with E-state index in [1.54, 1.807) is 7.05 Å². The second-order valence-corrected chi connectivity index (χ2v) is 4.93. The molecule has 0 bridgehead atoms. The Labute approximate surface area is 117 Å². The Balaban J connectivity index is 2.39. The van der Waals surface area contributed by atoms with Crippen molar-refractivity contribution in [3.63, 3.8) is 0 Å². The van der Waals surface area contributed by atoms with Crippen LogP contribution in [0.3, 0.4) is 0 Å². The van der Waals surface area contributed by atoms with Crippen molar-refractivity contribution in [3.8, 4) is 11.5 Å². The van der Waals surface area contributed by atoms with E-state index in [2.05, 4.69) is 22.2 Å². The first-order valence-electron chi connectivity index (χ1n) is 6.59. The zero-order valence-corrected chi connectivity index (χ0v) is 12.1. The van der Waals surface area contributed by atoms with E-state index in [1.807, 2.05) is 38.2 Å². The minimum absolute atomic E-state index is 0.759. The Bertz CT molecular complexity index is 833. The van der Waals surface area contributed by atoms with Gasteiger partial charge in [-0.3, -0.25) is 4.99 Å². The molecule has 0 unspecified atom stereocenters. The maximum atomic E-state index is 5.98. The van der Waals surface area contributed by atoms with Crippen LogP contribution in [0.5, 0.6) is 0 Å². The van der Waals surface area contributed by atoms with Crippen LogP contribution in [0.1, 0.15) is 11.1 Å². The molecule has 0 saturated carbocycles.